The molecule has 1 aliphatic heterocycles. The topological polar surface area (TPSA) is 128 Å². The normalized spacial score (nSPS) is 15.2. The number of carbonyl (C=O) groups excluding carboxylic acids is 3. The molecule has 0 radical (unpaired) electrons. The van der Waals surface area contributed by atoms with Crippen molar-refractivity contribution in [3.8, 4) is 0 Å². The number of aliphatic carboxylic acids is 1. The minimum Gasteiger partial charge on any atom is -0.480 e. The second kappa shape index (κ2) is 10.1. The third-order valence-corrected chi connectivity index (χ3v) is 5.11. The lowest BCUT2D eigenvalue weighted by Gasteiger charge is -2.31. The number of para-hydroxylation sites is 2. The van der Waals surface area contributed by atoms with E-state index in [1.807, 2.05) is 6.26 Å². The standard InChI is InChI=1S/C19H26N4O5S/c1-11(2)16(17(25)21-13(18(26)27)8-9-29-3)22-19(28)23-10-15(24)20-12-6-4-5-7-14(12)23/h4-7,11,13,16H,8-10H2,1-3H3,(H,20,24)(H,21,25)(H,22,28)(H,26,27)/t13-,16+/m1/s1. The number of carboxylic acids is 1. The van der Waals surface area contributed by atoms with Crippen LogP contribution in [0.1, 0.15) is 20.3 Å². The van der Waals surface area contributed by atoms with Crippen LogP contribution >= 0.6 is 11.8 Å². The summed E-state index contributed by atoms with van der Waals surface area (Å²) in [6, 6.07) is 4.28. The lowest BCUT2D eigenvalue weighted by atomic mass is 10.0. The van der Waals surface area contributed by atoms with Gasteiger partial charge in [0.1, 0.15) is 18.6 Å². The minimum absolute atomic E-state index is 0.180. The third-order valence-electron chi connectivity index (χ3n) is 4.47. The maximum Gasteiger partial charge on any atom is 0.326 e. The largest absolute Gasteiger partial charge is 0.480 e. The van der Waals surface area contributed by atoms with Crippen LogP contribution in [-0.4, -0.2) is 59.6 Å². The van der Waals surface area contributed by atoms with Crippen LogP contribution in [0.5, 0.6) is 0 Å². The second-order valence-electron chi connectivity index (χ2n) is 7.00. The van der Waals surface area contributed by atoms with Crippen molar-refractivity contribution < 1.29 is 24.3 Å². The lowest BCUT2D eigenvalue weighted by Crippen LogP contribution is -2.57. The van der Waals surface area contributed by atoms with Crippen molar-refractivity contribution in [1.29, 1.82) is 0 Å². The van der Waals surface area contributed by atoms with Gasteiger partial charge in [0.05, 0.1) is 11.4 Å². The van der Waals surface area contributed by atoms with E-state index in [2.05, 4.69) is 16.0 Å². The van der Waals surface area contributed by atoms with Crippen molar-refractivity contribution in [3.05, 3.63) is 24.3 Å². The fraction of sp³-hybridized carbons (Fsp3) is 0.474. The summed E-state index contributed by atoms with van der Waals surface area (Å²) in [4.78, 5) is 50.2. The highest BCUT2D eigenvalue weighted by atomic mass is 32.2. The van der Waals surface area contributed by atoms with Gasteiger partial charge in [0, 0.05) is 0 Å². The molecule has 0 saturated carbocycles. The maximum atomic E-state index is 12.9. The first-order valence-corrected chi connectivity index (χ1v) is 10.6. The Morgan fingerprint density at radius 1 is 1.24 bits per heavy atom. The number of fused-ring (bicyclic) bond motifs is 1. The summed E-state index contributed by atoms with van der Waals surface area (Å²) in [5.41, 5.74) is 1.03. The Hall–Kier alpha value is -2.75. The van der Waals surface area contributed by atoms with Crippen LogP contribution in [0.25, 0.3) is 0 Å². The molecule has 1 aromatic carbocycles. The van der Waals surface area contributed by atoms with Gasteiger partial charge in [-0.2, -0.15) is 11.8 Å². The molecule has 29 heavy (non-hydrogen) atoms. The number of urea groups is 1. The van der Waals surface area contributed by atoms with Gasteiger partial charge in [-0.05, 0) is 36.5 Å². The van der Waals surface area contributed by atoms with Crippen molar-refractivity contribution >= 4 is 47.0 Å². The third kappa shape index (κ3) is 5.86. The van der Waals surface area contributed by atoms with Crippen LogP contribution in [0.2, 0.25) is 0 Å². The van der Waals surface area contributed by atoms with Crippen molar-refractivity contribution in [1.82, 2.24) is 10.6 Å². The number of carbonyl (C=O) groups is 4. The van der Waals surface area contributed by atoms with Gasteiger partial charge in [-0.25, -0.2) is 9.59 Å². The Bertz CT molecular complexity index is 786. The molecule has 1 aromatic rings. The van der Waals surface area contributed by atoms with Crippen LogP contribution in [0.3, 0.4) is 0 Å². The fourth-order valence-corrected chi connectivity index (χ4v) is 3.39. The number of anilines is 2. The number of nitrogens with one attached hydrogen (secondary N) is 3. The SMILES string of the molecule is CSCC[C@@H](NC(=O)[C@@H](NC(=O)N1CC(=O)Nc2ccccc21)C(C)C)C(=O)O. The highest BCUT2D eigenvalue weighted by Gasteiger charge is 2.32. The summed E-state index contributed by atoms with van der Waals surface area (Å²) in [6.07, 6.45) is 2.13. The predicted molar refractivity (Wildman–Crippen MR) is 112 cm³/mol. The van der Waals surface area contributed by atoms with Gasteiger partial charge in [-0.3, -0.25) is 14.5 Å². The number of amides is 4. The first-order valence-electron chi connectivity index (χ1n) is 9.23. The average molecular weight is 423 g/mol. The molecule has 0 spiro atoms. The monoisotopic (exact) mass is 422 g/mol. The molecule has 4 N–H and O–H groups in total. The summed E-state index contributed by atoms with van der Waals surface area (Å²) >= 11 is 1.48. The van der Waals surface area contributed by atoms with Gasteiger partial charge in [-0.1, -0.05) is 26.0 Å². The highest BCUT2D eigenvalue weighted by Crippen LogP contribution is 2.28. The zero-order valence-electron chi connectivity index (χ0n) is 16.6. The molecule has 0 bridgehead atoms. The molecule has 0 saturated heterocycles. The Morgan fingerprint density at radius 3 is 2.55 bits per heavy atom. The van der Waals surface area contributed by atoms with E-state index in [9.17, 15) is 24.3 Å². The molecule has 2 atom stereocenters. The molecule has 9 nitrogen and oxygen atoms in total. The second-order valence-corrected chi connectivity index (χ2v) is 7.99. The molecule has 4 amide bonds. The predicted octanol–water partition coefficient (Wildman–Crippen LogP) is 1.50. The first-order chi connectivity index (χ1) is 13.7. The quantitative estimate of drug-likeness (QED) is 0.503. The van der Waals surface area contributed by atoms with E-state index >= 15 is 0 Å². The molecular formula is C19H26N4O5S. The Balaban J connectivity index is 2.14. The number of benzene rings is 1. The average Bonchev–Trinajstić information content (AvgIpc) is 2.67. The molecule has 0 unspecified atom stereocenters. The van der Waals surface area contributed by atoms with E-state index in [1.165, 1.54) is 16.7 Å². The number of carboxylic acid groups (broad SMARTS) is 1. The van der Waals surface area contributed by atoms with E-state index in [0.717, 1.165) is 0 Å². The van der Waals surface area contributed by atoms with E-state index in [1.54, 1.807) is 38.1 Å². The Morgan fingerprint density at radius 2 is 1.93 bits per heavy atom. The summed E-state index contributed by atoms with van der Waals surface area (Å²) < 4.78 is 0. The van der Waals surface area contributed by atoms with Gasteiger partial charge < -0.3 is 21.1 Å². The zero-order valence-corrected chi connectivity index (χ0v) is 17.4. The fourth-order valence-electron chi connectivity index (χ4n) is 2.91. The molecule has 10 heteroatoms. The smallest absolute Gasteiger partial charge is 0.326 e. The molecular weight excluding hydrogens is 396 g/mol. The van der Waals surface area contributed by atoms with Crippen LogP contribution < -0.4 is 20.9 Å². The highest BCUT2D eigenvalue weighted by molar-refractivity contribution is 7.98. The number of hydrogen-bond donors (Lipinski definition) is 4. The Kier molecular flexibility index (Phi) is 7.89. The van der Waals surface area contributed by atoms with Crippen LogP contribution in [0.4, 0.5) is 16.2 Å². The Labute approximate surface area is 173 Å². The van der Waals surface area contributed by atoms with Crippen molar-refractivity contribution in [2.45, 2.75) is 32.4 Å². The van der Waals surface area contributed by atoms with E-state index < -0.39 is 30.0 Å². The number of rotatable bonds is 8. The zero-order chi connectivity index (χ0) is 21.6. The van der Waals surface area contributed by atoms with Crippen LogP contribution in [-0.2, 0) is 14.4 Å². The molecule has 0 aromatic heterocycles. The lowest BCUT2D eigenvalue weighted by molar-refractivity contribution is -0.142. The molecule has 158 valence electrons. The minimum atomic E-state index is -1.12. The van der Waals surface area contributed by atoms with Gasteiger partial charge in [0.25, 0.3) is 0 Å². The first kappa shape index (κ1) is 22.5. The summed E-state index contributed by atoms with van der Waals surface area (Å²) in [6.45, 7) is 3.32. The number of thioether (sulfide) groups is 1. The van der Waals surface area contributed by atoms with Crippen LogP contribution in [0, 0.1) is 5.92 Å². The van der Waals surface area contributed by atoms with Crippen molar-refractivity contribution in [2.75, 3.05) is 28.8 Å². The van der Waals surface area contributed by atoms with Gasteiger partial charge >= 0.3 is 12.0 Å². The van der Waals surface area contributed by atoms with E-state index in [0.29, 0.717) is 17.1 Å². The van der Waals surface area contributed by atoms with Crippen molar-refractivity contribution in [2.24, 2.45) is 5.92 Å². The van der Waals surface area contributed by atoms with Gasteiger partial charge in [-0.15, -0.1) is 0 Å². The molecule has 1 aliphatic rings. The van der Waals surface area contributed by atoms with Crippen LogP contribution in [0.15, 0.2) is 24.3 Å². The van der Waals surface area contributed by atoms with E-state index in [4.69, 9.17) is 0 Å². The van der Waals surface area contributed by atoms with Gasteiger partial charge in [0.2, 0.25) is 11.8 Å². The summed E-state index contributed by atoms with van der Waals surface area (Å²) in [7, 11) is 0. The maximum absolute atomic E-state index is 12.9. The number of nitrogens with zero attached hydrogens (tertiary/aromatic N) is 1. The number of hydrogen-bond acceptors (Lipinski definition) is 5. The van der Waals surface area contributed by atoms with E-state index in [-0.39, 0.29) is 24.8 Å². The van der Waals surface area contributed by atoms with Gasteiger partial charge in [0.15, 0.2) is 0 Å². The summed E-state index contributed by atoms with van der Waals surface area (Å²) in [5.74, 6) is -1.75. The molecule has 0 aliphatic carbocycles. The molecule has 2 rings (SSSR count). The molecule has 1 heterocycles. The summed E-state index contributed by atoms with van der Waals surface area (Å²) in [5, 5.41) is 17.2. The molecule has 0 fully saturated rings. The van der Waals surface area contributed by atoms with Crippen molar-refractivity contribution in [3.63, 3.8) is 0 Å².